The van der Waals surface area contributed by atoms with Gasteiger partial charge >= 0.3 is 5.69 Å². The van der Waals surface area contributed by atoms with Crippen molar-refractivity contribution in [3.05, 3.63) is 39.1 Å². The van der Waals surface area contributed by atoms with E-state index in [2.05, 4.69) is 16.7 Å². The maximum absolute atomic E-state index is 11.7. The summed E-state index contributed by atoms with van der Waals surface area (Å²) in [4.78, 5) is 29.9. The van der Waals surface area contributed by atoms with E-state index in [1.165, 1.54) is 13.1 Å². The van der Waals surface area contributed by atoms with Gasteiger partial charge in [0.15, 0.2) is 0 Å². The summed E-state index contributed by atoms with van der Waals surface area (Å²) in [6.45, 7) is 5.40. The number of nitrogens with one attached hydrogen (secondary N) is 1. The van der Waals surface area contributed by atoms with Gasteiger partial charge in [0.1, 0.15) is 12.2 Å². The van der Waals surface area contributed by atoms with Crippen LogP contribution in [-0.2, 0) is 11.9 Å². The summed E-state index contributed by atoms with van der Waals surface area (Å²) in [5.74, 6) is -0.438. The third kappa shape index (κ3) is 2.68. The minimum atomic E-state index is -0.696. The summed E-state index contributed by atoms with van der Waals surface area (Å²) in [7, 11) is 1.34. The fourth-order valence-corrected chi connectivity index (χ4v) is 1.32. The smallest absolute Gasteiger partial charge is 0.330 e. The van der Waals surface area contributed by atoms with Gasteiger partial charge in [0.2, 0.25) is 5.88 Å². The molecule has 0 atom stereocenters. The van der Waals surface area contributed by atoms with E-state index < -0.39 is 17.1 Å². The van der Waals surface area contributed by atoms with E-state index in [1.54, 1.807) is 6.92 Å². The Balaban J connectivity index is 3.34. The Bertz CT molecular complexity index is 583. The predicted molar refractivity (Wildman–Crippen MR) is 66.9 cm³/mol. The number of nitrogens with zero attached hydrogens (tertiary/aromatic N) is 2. The molecule has 0 spiro atoms. The van der Waals surface area contributed by atoms with Gasteiger partial charge in [-0.3, -0.25) is 14.3 Å². The maximum atomic E-state index is 11.7. The first-order chi connectivity index (χ1) is 8.52. The first-order valence-electron chi connectivity index (χ1n) is 5.35. The lowest BCUT2D eigenvalue weighted by Gasteiger charge is -2.08. The van der Waals surface area contributed by atoms with Crippen molar-refractivity contribution in [2.45, 2.75) is 13.3 Å². The van der Waals surface area contributed by atoms with Crippen LogP contribution < -0.4 is 11.2 Å². The molecule has 1 rings (SSSR count). The van der Waals surface area contributed by atoms with E-state index in [9.17, 15) is 14.7 Å². The molecule has 98 valence electrons. The third-order valence-corrected chi connectivity index (χ3v) is 2.28. The van der Waals surface area contributed by atoms with Crippen molar-refractivity contribution >= 4 is 5.71 Å². The Labute approximate surface area is 103 Å². The third-order valence-electron chi connectivity index (χ3n) is 2.28. The van der Waals surface area contributed by atoms with Crippen LogP contribution in [-0.4, -0.2) is 27.0 Å². The van der Waals surface area contributed by atoms with Crippen molar-refractivity contribution in [1.29, 1.82) is 0 Å². The first-order valence-corrected chi connectivity index (χ1v) is 5.35. The molecule has 0 aliphatic carbocycles. The molecule has 1 aromatic rings. The molecule has 1 aromatic heterocycles. The number of aromatic hydroxyl groups is 1. The zero-order valence-electron chi connectivity index (χ0n) is 10.3. The molecular formula is C11H15N3O4. The van der Waals surface area contributed by atoms with E-state index in [0.29, 0.717) is 6.42 Å². The zero-order chi connectivity index (χ0) is 13.7. The van der Waals surface area contributed by atoms with Gasteiger partial charge in [-0.2, -0.15) is 0 Å². The molecule has 0 unspecified atom stereocenters. The lowest BCUT2D eigenvalue weighted by molar-refractivity contribution is 0.174. The van der Waals surface area contributed by atoms with Crippen LogP contribution in [0, 0.1) is 0 Å². The molecule has 7 nitrogen and oxygen atoms in total. The average molecular weight is 253 g/mol. The van der Waals surface area contributed by atoms with Crippen LogP contribution in [0.25, 0.3) is 0 Å². The van der Waals surface area contributed by atoms with Crippen molar-refractivity contribution in [2.24, 2.45) is 12.2 Å². The molecule has 0 amide bonds. The summed E-state index contributed by atoms with van der Waals surface area (Å²) in [6.07, 6.45) is 1.87. The van der Waals surface area contributed by atoms with Gasteiger partial charge in [0, 0.05) is 7.05 Å². The number of aromatic amines is 1. The van der Waals surface area contributed by atoms with E-state index >= 15 is 0 Å². The molecule has 0 bridgehead atoms. The van der Waals surface area contributed by atoms with Crippen LogP contribution in [0.4, 0.5) is 0 Å². The summed E-state index contributed by atoms with van der Waals surface area (Å²) in [5, 5.41) is 13.5. The molecule has 0 aliphatic heterocycles. The largest absolute Gasteiger partial charge is 0.494 e. The van der Waals surface area contributed by atoms with Gasteiger partial charge in [-0.1, -0.05) is 24.7 Å². The number of aromatic nitrogens is 2. The molecule has 0 fully saturated rings. The number of hydrogen-bond donors (Lipinski definition) is 2. The summed E-state index contributed by atoms with van der Waals surface area (Å²) in [5.41, 5.74) is -1.20. The van der Waals surface area contributed by atoms with Crippen LogP contribution in [0.3, 0.4) is 0 Å². The van der Waals surface area contributed by atoms with Crippen LogP contribution in [0.1, 0.15) is 18.9 Å². The molecule has 1 heterocycles. The zero-order valence-corrected chi connectivity index (χ0v) is 10.3. The highest BCUT2D eigenvalue weighted by Gasteiger charge is 2.17. The second kappa shape index (κ2) is 5.85. The second-order valence-corrected chi connectivity index (χ2v) is 3.49. The van der Waals surface area contributed by atoms with Gasteiger partial charge in [0.25, 0.3) is 5.56 Å². The minimum absolute atomic E-state index is 0.0661. The van der Waals surface area contributed by atoms with Crippen LogP contribution in [0.5, 0.6) is 5.88 Å². The van der Waals surface area contributed by atoms with Crippen molar-refractivity contribution in [1.82, 2.24) is 9.55 Å². The normalized spacial score (nSPS) is 11.3. The van der Waals surface area contributed by atoms with E-state index in [1.807, 2.05) is 0 Å². The SMILES string of the molecule is C=CCON=C(CC)c1c(O)n(C)c(=O)[nH]c1=O. The standard InChI is InChI=1S/C11H15N3O4/c1-4-6-18-13-7(5-2)8-9(15)12-11(17)14(3)10(8)16/h4,16H,1,5-6H2,2-3H3,(H,12,15,17). The summed E-state index contributed by atoms with van der Waals surface area (Å²) in [6, 6.07) is 0. The average Bonchev–Trinajstić information content (AvgIpc) is 2.34. The lowest BCUT2D eigenvalue weighted by Crippen LogP contribution is -2.32. The van der Waals surface area contributed by atoms with E-state index in [4.69, 9.17) is 4.84 Å². The lowest BCUT2D eigenvalue weighted by atomic mass is 10.1. The number of H-pyrrole nitrogens is 1. The van der Waals surface area contributed by atoms with Crippen LogP contribution in [0.15, 0.2) is 27.4 Å². The Morgan fingerprint density at radius 2 is 2.28 bits per heavy atom. The monoisotopic (exact) mass is 253 g/mol. The van der Waals surface area contributed by atoms with Crippen molar-refractivity contribution in [3.63, 3.8) is 0 Å². The van der Waals surface area contributed by atoms with E-state index in [-0.39, 0.29) is 17.9 Å². The molecule has 7 heteroatoms. The Morgan fingerprint density at radius 3 is 2.83 bits per heavy atom. The Morgan fingerprint density at radius 1 is 1.61 bits per heavy atom. The quantitative estimate of drug-likeness (QED) is 0.336. The van der Waals surface area contributed by atoms with Crippen LogP contribution in [0.2, 0.25) is 0 Å². The van der Waals surface area contributed by atoms with Gasteiger partial charge in [-0.05, 0) is 6.42 Å². The molecule has 0 aliphatic rings. The maximum Gasteiger partial charge on any atom is 0.330 e. The molecule has 0 saturated heterocycles. The second-order valence-electron chi connectivity index (χ2n) is 3.49. The fourth-order valence-electron chi connectivity index (χ4n) is 1.32. The molecular weight excluding hydrogens is 238 g/mol. The predicted octanol–water partition coefficient (Wildman–Crippen LogP) is 0.0959. The highest BCUT2D eigenvalue weighted by atomic mass is 16.6. The Hall–Kier alpha value is -2.31. The van der Waals surface area contributed by atoms with Gasteiger partial charge in [-0.25, -0.2) is 4.79 Å². The van der Waals surface area contributed by atoms with Crippen molar-refractivity contribution in [2.75, 3.05) is 6.61 Å². The summed E-state index contributed by atoms with van der Waals surface area (Å²) < 4.78 is 0.926. The number of oxime groups is 1. The van der Waals surface area contributed by atoms with Gasteiger partial charge < -0.3 is 9.94 Å². The first kappa shape index (κ1) is 13.8. The molecule has 0 radical (unpaired) electrons. The molecule has 0 saturated carbocycles. The van der Waals surface area contributed by atoms with Crippen molar-refractivity contribution < 1.29 is 9.94 Å². The number of hydrogen-bond acceptors (Lipinski definition) is 5. The van der Waals surface area contributed by atoms with Gasteiger partial charge in [0.05, 0.1) is 5.71 Å². The molecule has 2 N–H and O–H groups in total. The Kier molecular flexibility index (Phi) is 4.47. The highest BCUT2D eigenvalue weighted by molar-refractivity contribution is 6.01. The van der Waals surface area contributed by atoms with Gasteiger partial charge in [-0.15, -0.1) is 0 Å². The molecule has 18 heavy (non-hydrogen) atoms. The fraction of sp³-hybridized carbons (Fsp3) is 0.364. The number of rotatable bonds is 5. The molecule has 0 aromatic carbocycles. The minimum Gasteiger partial charge on any atom is -0.494 e. The summed E-state index contributed by atoms with van der Waals surface area (Å²) >= 11 is 0. The van der Waals surface area contributed by atoms with E-state index in [0.717, 1.165) is 4.57 Å². The highest BCUT2D eigenvalue weighted by Crippen LogP contribution is 2.11. The van der Waals surface area contributed by atoms with Crippen LogP contribution >= 0.6 is 0 Å². The topological polar surface area (TPSA) is 96.7 Å². The van der Waals surface area contributed by atoms with Crippen molar-refractivity contribution in [3.8, 4) is 5.88 Å².